The maximum absolute atomic E-state index is 12.5. The van der Waals surface area contributed by atoms with Crippen molar-refractivity contribution in [2.45, 2.75) is 51.0 Å². The molecule has 24 heavy (non-hydrogen) atoms. The van der Waals surface area contributed by atoms with Gasteiger partial charge in [0.15, 0.2) is 5.75 Å². The first-order valence-electron chi connectivity index (χ1n) is 7.64. The minimum atomic E-state index is -0.871. The summed E-state index contributed by atoms with van der Waals surface area (Å²) < 4.78 is 16.2. The smallest absolute Gasteiger partial charge is 0.462 e. The lowest BCUT2D eigenvalue weighted by atomic mass is 10.2. The molecular weight excluding hydrogens is 396 g/mol. The van der Waals surface area contributed by atoms with Gasteiger partial charge >= 0.3 is 12.1 Å². The van der Waals surface area contributed by atoms with Crippen molar-refractivity contribution in [1.29, 1.82) is 0 Å². The quantitative estimate of drug-likeness (QED) is 0.265. The Hall–Kier alpha value is -1.21. The third-order valence-electron chi connectivity index (χ3n) is 2.80. The van der Waals surface area contributed by atoms with Gasteiger partial charge < -0.3 is 14.2 Å². The summed E-state index contributed by atoms with van der Waals surface area (Å²) in [7, 11) is 0. The highest BCUT2D eigenvalue weighted by atomic mass is 79.9. The van der Waals surface area contributed by atoms with Crippen molar-refractivity contribution in [3.05, 3.63) is 22.2 Å². The predicted molar refractivity (Wildman–Crippen MR) is 98.0 cm³/mol. The number of halogens is 1. The molecular formula is C17H23BrO5S. The first-order chi connectivity index (χ1) is 11.2. The molecule has 0 saturated heterocycles. The van der Waals surface area contributed by atoms with Gasteiger partial charge in [0.2, 0.25) is 0 Å². The third kappa shape index (κ3) is 6.36. The van der Waals surface area contributed by atoms with Gasteiger partial charge in [-0.05, 0) is 61.5 Å². The van der Waals surface area contributed by atoms with E-state index >= 15 is 0 Å². The minimum absolute atomic E-state index is 0.109. The van der Waals surface area contributed by atoms with Crippen LogP contribution in [0.4, 0.5) is 4.79 Å². The molecule has 0 bridgehead atoms. The number of hydrogen-bond donors (Lipinski definition) is 0. The molecule has 1 aromatic carbocycles. The fourth-order valence-electron chi connectivity index (χ4n) is 1.74. The van der Waals surface area contributed by atoms with E-state index in [4.69, 9.17) is 14.2 Å². The third-order valence-corrected chi connectivity index (χ3v) is 4.21. The SMILES string of the molecule is CCCCOC(=O)c1c(SC)ccc(Br)c1OC(=O)OC(C)(C)C. The average Bonchev–Trinajstić information content (AvgIpc) is 2.47. The van der Waals surface area contributed by atoms with Gasteiger partial charge in [-0.15, -0.1) is 11.8 Å². The summed E-state index contributed by atoms with van der Waals surface area (Å²) in [5, 5.41) is 0. The van der Waals surface area contributed by atoms with E-state index in [-0.39, 0.29) is 11.3 Å². The summed E-state index contributed by atoms with van der Waals surface area (Å²) in [4.78, 5) is 25.1. The Balaban J connectivity index is 3.13. The van der Waals surface area contributed by atoms with Gasteiger partial charge in [-0.25, -0.2) is 9.59 Å². The number of ether oxygens (including phenoxy) is 3. The number of rotatable bonds is 6. The summed E-state index contributed by atoms with van der Waals surface area (Å²) in [6.07, 6.45) is 2.66. The first kappa shape index (κ1) is 20.8. The van der Waals surface area contributed by atoms with Crippen LogP contribution in [0.15, 0.2) is 21.5 Å². The Morgan fingerprint density at radius 2 is 1.92 bits per heavy atom. The number of carbonyl (C=O) groups excluding carboxylic acids is 2. The molecule has 0 amide bonds. The van der Waals surface area contributed by atoms with Gasteiger partial charge in [0.05, 0.1) is 11.1 Å². The lowest BCUT2D eigenvalue weighted by Gasteiger charge is -2.20. The van der Waals surface area contributed by atoms with Crippen LogP contribution in [0.5, 0.6) is 5.75 Å². The highest BCUT2D eigenvalue weighted by Gasteiger charge is 2.26. The monoisotopic (exact) mass is 418 g/mol. The fraction of sp³-hybridized carbons (Fsp3) is 0.529. The van der Waals surface area contributed by atoms with E-state index < -0.39 is 17.7 Å². The highest BCUT2D eigenvalue weighted by Crippen LogP contribution is 2.36. The van der Waals surface area contributed by atoms with Crippen LogP contribution in [0.1, 0.15) is 50.9 Å². The summed E-state index contributed by atoms with van der Waals surface area (Å²) >= 11 is 4.69. The summed E-state index contributed by atoms with van der Waals surface area (Å²) in [6.45, 7) is 7.55. The maximum atomic E-state index is 12.5. The number of esters is 1. The predicted octanol–water partition coefficient (Wildman–Crippen LogP) is 5.44. The van der Waals surface area contributed by atoms with E-state index in [0.29, 0.717) is 16.0 Å². The molecule has 0 saturated carbocycles. The largest absolute Gasteiger partial charge is 0.514 e. The van der Waals surface area contributed by atoms with Crippen LogP contribution in [0.2, 0.25) is 0 Å². The molecule has 0 spiro atoms. The molecule has 1 rings (SSSR count). The Morgan fingerprint density at radius 3 is 2.46 bits per heavy atom. The van der Waals surface area contributed by atoms with Crippen LogP contribution in [0, 0.1) is 0 Å². The molecule has 0 unspecified atom stereocenters. The van der Waals surface area contributed by atoms with Crippen molar-refractivity contribution < 1.29 is 23.8 Å². The van der Waals surface area contributed by atoms with E-state index in [2.05, 4.69) is 15.9 Å². The van der Waals surface area contributed by atoms with Crippen molar-refractivity contribution in [3.63, 3.8) is 0 Å². The van der Waals surface area contributed by atoms with Gasteiger partial charge in [0.25, 0.3) is 0 Å². The molecule has 0 N–H and O–H groups in total. The maximum Gasteiger partial charge on any atom is 0.514 e. The molecule has 0 radical (unpaired) electrons. The second kappa shape index (κ2) is 9.32. The van der Waals surface area contributed by atoms with Crippen LogP contribution in [0.25, 0.3) is 0 Å². The van der Waals surface area contributed by atoms with Gasteiger partial charge in [0.1, 0.15) is 11.2 Å². The Kier molecular flexibility index (Phi) is 8.09. The molecule has 0 aliphatic heterocycles. The molecule has 1 aromatic rings. The van der Waals surface area contributed by atoms with E-state index in [1.54, 1.807) is 32.9 Å². The van der Waals surface area contributed by atoms with Gasteiger partial charge in [-0.3, -0.25) is 0 Å². The number of unbranched alkanes of at least 4 members (excludes halogenated alkanes) is 1. The zero-order chi connectivity index (χ0) is 18.3. The summed E-state index contributed by atoms with van der Waals surface area (Å²) in [5.41, 5.74) is -0.471. The standard InChI is InChI=1S/C17H23BrO5S/c1-6-7-10-21-15(19)13-12(24-5)9-8-11(18)14(13)22-16(20)23-17(2,3)4/h8-9H,6-7,10H2,1-5H3. The topological polar surface area (TPSA) is 61.8 Å². The van der Waals surface area contributed by atoms with Gasteiger partial charge in [-0.1, -0.05) is 13.3 Å². The Bertz CT molecular complexity index is 595. The van der Waals surface area contributed by atoms with E-state index in [1.807, 2.05) is 13.2 Å². The molecule has 0 aliphatic rings. The van der Waals surface area contributed by atoms with Crippen LogP contribution < -0.4 is 4.74 Å². The molecule has 5 nitrogen and oxygen atoms in total. The van der Waals surface area contributed by atoms with Crippen LogP contribution in [-0.2, 0) is 9.47 Å². The van der Waals surface area contributed by atoms with Crippen molar-refractivity contribution in [1.82, 2.24) is 0 Å². The van der Waals surface area contributed by atoms with E-state index in [1.165, 1.54) is 11.8 Å². The number of hydrogen-bond acceptors (Lipinski definition) is 6. The minimum Gasteiger partial charge on any atom is -0.462 e. The van der Waals surface area contributed by atoms with Crippen LogP contribution >= 0.6 is 27.7 Å². The number of thioether (sulfide) groups is 1. The molecule has 0 heterocycles. The first-order valence-corrected chi connectivity index (χ1v) is 9.65. The van der Waals surface area contributed by atoms with Gasteiger partial charge in [-0.2, -0.15) is 0 Å². The number of benzene rings is 1. The summed E-state index contributed by atoms with van der Waals surface area (Å²) in [6, 6.07) is 3.49. The van der Waals surface area contributed by atoms with Crippen LogP contribution in [0.3, 0.4) is 0 Å². The lowest BCUT2D eigenvalue weighted by Crippen LogP contribution is -2.26. The Morgan fingerprint density at radius 1 is 1.25 bits per heavy atom. The van der Waals surface area contributed by atoms with Gasteiger partial charge in [0, 0.05) is 4.90 Å². The van der Waals surface area contributed by atoms with Crippen molar-refractivity contribution in [2.24, 2.45) is 0 Å². The van der Waals surface area contributed by atoms with Crippen molar-refractivity contribution in [2.75, 3.05) is 12.9 Å². The summed E-state index contributed by atoms with van der Waals surface area (Å²) in [5.74, 6) is -0.412. The van der Waals surface area contributed by atoms with E-state index in [9.17, 15) is 9.59 Å². The zero-order valence-corrected chi connectivity index (χ0v) is 17.0. The molecule has 7 heteroatoms. The molecule has 0 aromatic heterocycles. The normalized spacial score (nSPS) is 11.1. The Labute approximate surface area is 155 Å². The molecule has 134 valence electrons. The van der Waals surface area contributed by atoms with E-state index in [0.717, 1.165) is 12.8 Å². The lowest BCUT2D eigenvalue weighted by molar-refractivity contribution is 0.0200. The zero-order valence-electron chi connectivity index (χ0n) is 14.6. The average molecular weight is 419 g/mol. The molecule has 0 atom stereocenters. The van der Waals surface area contributed by atoms with Crippen molar-refractivity contribution in [3.8, 4) is 5.75 Å². The van der Waals surface area contributed by atoms with Crippen LogP contribution in [-0.4, -0.2) is 30.6 Å². The second-order valence-corrected chi connectivity index (χ2v) is 7.71. The number of carbonyl (C=O) groups is 2. The van der Waals surface area contributed by atoms with Crippen molar-refractivity contribution >= 4 is 39.8 Å². The fourth-order valence-corrected chi connectivity index (χ4v) is 2.73. The highest BCUT2D eigenvalue weighted by molar-refractivity contribution is 9.10. The second-order valence-electron chi connectivity index (χ2n) is 6.01. The molecule has 0 aliphatic carbocycles. The molecule has 0 fully saturated rings.